The van der Waals surface area contributed by atoms with Crippen molar-refractivity contribution in [2.45, 2.75) is 66.8 Å². The lowest BCUT2D eigenvalue weighted by atomic mass is 9.97. The topological polar surface area (TPSA) is 102 Å². The molecule has 1 aromatic carbocycles. The maximum Gasteiger partial charge on any atom is 0.303 e. The first-order chi connectivity index (χ1) is 18.4. The van der Waals surface area contributed by atoms with Crippen LogP contribution in [0.3, 0.4) is 0 Å². The summed E-state index contributed by atoms with van der Waals surface area (Å²) in [5, 5.41) is 15.7. The molecule has 0 unspecified atom stereocenters. The number of carbonyl (C=O) groups excluding carboxylic acids is 1. The standard InChI is InChI=1S/C28H32N2O5S.C2H6/c1-4-5-6-7-8-26-30-24(20(3)35-26)13-15-34-25-11-9-21(10-12-27(31)32)19(2)23(25)17-29-28(33)22-14-16-36-18-22;1-2/h4-7,9,11,14,16,18H,8,10,12-13,15,17H2,1-3H3,(H,29,33)(H,31,32);1-2H3/b5-4-,7-6-;. The maximum atomic E-state index is 12.5. The van der Waals surface area contributed by atoms with Crippen LogP contribution >= 0.6 is 11.3 Å². The Morgan fingerprint density at radius 2 is 1.95 bits per heavy atom. The van der Waals surface area contributed by atoms with Crippen LogP contribution < -0.4 is 10.1 Å². The van der Waals surface area contributed by atoms with E-state index in [0.717, 1.165) is 28.1 Å². The fourth-order valence-corrected chi connectivity index (χ4v) is 4.37. The summed E-state index contributed by atoms with van der Waals surface area (Å²) in [4.78, 5) is 28.2. The van der Waals surface area contributed by atoms with Crippen molar-refractivity contribution < 1.29 is 23.8 Å². The Labute approximate surface area is 229 Å². The van der Waals surface area contributed by atoms with Crippen molar-refractivity contribution in [2.75, 3.05) is 6.61 Å². The fraction of sp³-hybridized carbons (Fsp3) is 0.367. The summed E-state index contributed by atoms with van der Waals surface area (Å²) in [6, 6.07) is 5.52. The van der Waals surface area contributed by atoms with Crippen LogP contribution in [-0.2, 0) is 30.6 Å². The molecule has 0 saturated heterocycles. The first-order valence-corrected chi connectivity index (χ1v) is 13.8. The number of carbonyl (C=O) groups is 2. The minimum atomic E-state index is -0.846. The molecule has 8 heteroatoms. The molecular formula is C30H38N2O5S. The number of carboxylic acid groups (broad SMARTS) is 1. The van der Waals surface area contributed by atoms with Gasteiger partial charge in [-0.15, -0.1) is 0 Å². The molecule has 0 spiro atoms. The van der Waals surface area contributed by atoms with E-state index in [1.165, 1.54) is 11.3 Å². The van der Waals surface area contributed by atoms with Gasteiger partial charge in [-0.3, -0.25) is 9.59 Å². The number of hydrogen-bond donors (Lipinski definition) is 2. The van der Waals surface area contributed by atoms with Gasteiger partial charge in [0.15, 0.2) is 5.89 Å². The molecule has 0 bridgehead atoms. The lowest BCUT2D eigenvalue weighted by molar-refractivity contribution is -0.136. The number of rotatable bonds is 13. The third kappa shape index (κ3) is 9.34. The monoisotopic (exact) mass is 538 g/mol. The average Bonchev–Trinajstić information content (AvgIpc) is 3.57. The predicted molar refractivity (Wildman–Crippen MR) is 152 cm³/mol. The Kier molecular flexibility index (Phi) is 13.1. The lowest BCUT2D eigenvalue weighted by Gasteiger charge is -2.17. The van der Waals surface area contributed by atoms with Gasteiger partial charge in [0, 0.05) is 42.3 Å². The van der Waals surface area contributed by atoms with E-state index >= 15 is 0 Å². The van der Waals surface area contributed by atoms with Gasteiger partial charge in [-0.1, -0.05) is 44.2 Å². The quantitative estimate of drug-likeness (QED) is 0.237. The number of oxazole rings is 1. The van der Waals surface area contributed by atoms with Crippen LogP contribution in [0, 0.1) is 13.8 Å². The smallest absolute Gasteiger partial charge is 0.303 e. The zero-order valence-electron chi connectivity index (χ0n) is 22.9. The largest absolute Gasteiger partial charge is 0.493 e. The van der Waals surface area contributed by atoms with E-state index in [9.17, 15) is 9.59 Å². The second-order valence-corrected chi connectivity index (χ2v) is 9.06. The van der Waals surface area contributed by atoms with E-state index in [1.807, 2.05) is 76.4 Å². The summed E-state index contributed by atoms with van der Waals surface area (Å²) in [6.07, 6.45) is 9.53. The molecule has 204 valence electrons. The van der Waals surface area contributed by atoms with Crippen LogP contribution in [0.25, 0.3) is 0 Å². The van der Waals surface area contributed by atoms with E-state index in [2.05, 4.69) is 10.3 Å². The van der Waals surface area contributed by atoms with Gasteiger partial charge in [0.2, 0.25) is 0 Å². The van der Waals surface area contributed by atoms with Gasteiger partial charge < -0.3 is 19.6 Å². The van der Waals surface area contributed by atoms with Crippen LogP contribution in [0.5, 0.6) is 5.75 Å². The Bertz CT molecular complexity index is 1230. The number of nitrogens with one attached hydrogen (secondary N) is 1. The van der Waals surface area contributed by atoms with E-state index < -0.39 is 5.97 Å². The third-order valence-corrected chi connectivity index (χ3v) is 6.43. The average molecular weight is 539 g/mol. The van der Waals surface area contributed by atoms with Crippen molar-refractivity contribution in [3.05, 3.63) is 92.9 Å². The normalized spacial score (nSPS) is 11.0. The van der Waals surface area contributed by atoms with Gasteiger partial charge in [0.05, 0.1) is 12.3 Å². The molecule has 0 atom stereocenters. The van der Waals surface area contributed by atoms with Gasteiger partial charge in [0.1, 0.15) is 11.5 Å². The van der Waals surface area contributed by atoms with Crippen LogP contribution in [0.2, 0.25) is 0 Å². The van der Waals surface area contributed by atoms with Crippen molar-refractivity contribution in [2.24, 2.45) is 0 Å². The number of aromatic nitrogens is 1. The molecule has 0 aliphatic heterocycles. The molecule has 3 aromatic rings. The highest BCUT2D eigenvalue weighted by Gasteiger charge is 2.15. The summed E-state index contributed by atoms with van der Waals surface area (Å²) in [5.41, 5.74) is 4.15. The first-order valence-electron chi connectivity index (χ1n) is 12.9. The highest BCUT2D eigenvalue weighted by molar-refractivity contribution is 7.08. The highest BCUT2D eigenvalue weighted by Crippen LogP contribution is 2.27. The van der Waals surface area contributed by atoms with Crippen molar-refractivity contribution in [3.8, 4) is 5.75 Å². The third-order valence-electron chi connectivity index (χ3n) is 5.75. The van der Waals surface area contributed by atoms with Gasteiger partial charge in [-0.2, -0.15) is 11.3 Å². The van der Waals surface area contributed by atoms with E-state index in [4.69, 9.17) is 14.3 Å². The van der Waals surface area contributed by atoms with Crippen molar-refractivity contribution in [1.82, 2.24) is 10.3 Å². The zero-order chi connectivity index (χ0) is 27.9. The van der Waals surface area contributed by atoms with Crippen LogP contribution in [0.4, 0.5) is 0 Å². The number of amides is 1. The van der Waals surface area contributed by atoms with Crippen LogP contribution in [0.15, 0.2) is 57.7 Å². The molecule has 38 heavy (non-hydrogen) atoms. The minimum absolute atomic E-state index is 0.0411. The molecule has 0 fully saturated rings. The second kappa shape index (κ2) is 16.2. The number of benzene rings is 1. The van der Waals surface area contributed by atoms with Gasteiger partial charge >= 0.3 is 5.97 Å². The molecule has 0 radical (unpaired) electrons. The molecule has 0 saturated carbocycles. The lowest BCUT2D eigenvalue weighted by Crippen LogP contribution is -2.23. The molecule has 2 aromatic heterocycles. The minimum Gasteiger partial charge on any atom is -0.493 e. The molecule has 3 rings (SSSR count). The molecule has 0 aliphatic rings. The number of aliphatic carboxylic acids is 1. The number of ether oxygens (including phenoxy) is 1. The summed E-state index contributed by atoms with van der Waals surface area (Å²) >= 11 is 1.46. The Balaban J connectivity index is 0.00000247. The number of nitrogens with zero attached hydrogens (tertiary/aromatic N) is 1. The maximum absolute atomic E-state index is 12.5. The van der Waals surface area contributed by atoms with Gasteiger partial charge in [-0.25, -0.2) is 4.98 Å². The van der Waals surface area contributed by atoms with Crippen molar-refractivity contribution in [1.29, 1.82) is 0 Å². The highest BCUT2D eigenvalue weighted by atomic mass is 32.1. The number of thiophene rings is 1. The first kappa shape index (κ1) is 30.6. The Morgan fingerprint density at radius 1 is 1.16 bits per heavy atom. The summed E-state index contributed by atoms with van der Waals surface area (Å²) in [6.45, 7) is 10.5. The molecular weight excluding hydrogens is 500 g/mol. The summed E-state index contributed by atoms with van der Waals surface area (Å²) < 4.78 is 11.9. The fourth-order valence-electron chi connectivity index (χ4n) is 3.74. The van der Waals surface area contributed by atoms with Crippen molar-refractivity contribution in [3.63, 3.8) is 0 Å². The predicted octanol–water partition coefficient (Wildman–Crippen LogP) is 6.62. The van der Waals surface area contributed by atoms with E-state index in [0.29, 0.717) is 43.1 Å². The molecule has 0 aliphatic carbocycles. The molecule has 2 N–H and O–H groups in total. The molecule has 1 amide bonds. The number of allylic oxidation sites excluding steroid dienone is 4. The number of aryl methyl sites for hydroxylation is 2. The van der Waals surface area contributed by atoms with Gasteiger partial charge in [0.25, 0.3) is 5.91 Å². The number of hydrogen-bond acceptors (Lipinski definition) is 6. The van der Waals surface area contributed by atoms with E-state index in [-0.39, 0.29) is 18.9 Å². The number of carboxylic acids is 1. The summed E-state index contributed by atoms with van der Waals surface area (Å²) in [7, 11) is 0. The molecule has 7 nitrogen and oxygen atoms in total. The Morgan fingerprint density at radius 3 is 2.63 bits per heavy atom. The Hall–Kier alpha value is -3.65. The van der Waals surface area contributed by atoms with E-state index in [1.54, 1.807) is 11.4 Å². The second-order valence-electron chi connectivity index (χ2n) is 8.28. The SMILES string of the molecule is C/C=C\C=C/Cc1nc(CCOc2ccc(CCC(=O)O)c(C)c2CNC(=O)c2ccsc2)c(C)o1.CC. The van der Waals surface area contributed by atoms with Gasteiger partial charge in [-0.05, 0) is 55.8 Å². The summed E-state index contributed by atoms with van der Waals surface area (Å²) in [5.74, 6) is 1.09. The molecule has 2 heterocycles. The van der Waals surface area contributed by atoms with Crippen LogP contribution in [-0.4, -0.2) is 28.6 Å². The van der Waals surface area contributed by atoms with Crippen LogP contribution in [0.1, 0.15) is 71.6 Å². The van der Waals surface area contributed by atoms with Crippen molar-refractivity contribution >= 4 is 23.2 Å². The zero-order valence-corrected chi connectivity index (χ0v) is 23.7.